The van der Waals surface area contributed by atoms with E-state index in [0.717, 1.165) is 42.7 Å². The molecular formula is C29H27ClN4O5S. The van der Waals surface area contributed by atoms with Gasteiger partial charge in [-0.1, -0.05) is 36.4 Å². The van der Waals surface area contributed by atoms with Crippen molar-refractivity contribution in [1.82, 2.24) is 4.90 Å². The van der Waals surface area contributed by atoms with Gasteiger partial charge in [-0.05, 0) is 48.4 Å². The Morgan fingerprint density at radius 3 is 2.38 bits per heavy atom. The van der Waals surface area contributed by atoms with Crippen molar-refractivity contribution in [1.29, 1.82) is 0 Å². The van der Waals surface area contributed by atoms with Crippen molar-refractivity contribution in [3.8, 4) is 0 Å². The molecule has 2 fully saturated rings. The summed E-state index contributed by atoms with van der Waals surface area (Å²) in [4.78, 5) is 38.2. The van der Waals surface area contributed by atoms with E-state index in [1.807, 2.05) is 23.1 Å². The lowest BCUT2D eigenvalue weighted by molar-refractivity contribution is -0.387. The Bertz CT molecular complexity index is 1480. The standard InChI is InChI=1S/C29H27ClN4O5S/c30-26-24(40-23-9-2-1-8-22(23)34(38)39)16-21-25(26)19-6-5-7-20(29(35)32-14-3-4-15-32)28(19)31-27(21)17-10-12-18(13-11-17)33(36)37/h1-2,5-13,21,24-27,31H,3-4,14-16H2. The van der Waals surface area contributed by atoms with Crippen molar-refractivity contribution in [2.75, 3.05) is 18.4 Å². The van der Waals surface area contributed by atoms with Crippen molar-refractivity contribution >= 4 is 46.3 Å². The summed E-state index contributed by atoms with van der Waals surface area (Å²) in [5.74, 6) is -0.128. The number of benzene rings is 3. The van der Waals surface area contributed by atoms with Crippen LogP contribution in [0.5, 0.6) is 0 Å². The third-order valence-corrected chi connectivity index (χ3v) is 10.4. The molecule has 5 unspecified atom stereocenters. The summed E-state index contributed by atoms with van der Waals surface area (Å²) in [6, 6.07) is 18.7. The van der Waals surface area contributed by atoms with Gasteiger partial charge in [0.1, 0.15) is 0 Å². The fourth-order valence-electron chi connectivity index (χ4n) is 6.42. The molecular weight excluding hydrogens is 552 g/mol. The first-order valence-electron chi connectivity index (χ1n) is 13.3. The average Bonchev–Trinajstić information content (AvgIpc) is 3.61. The van der Waals surface area contributed by atoms with Gasteiger partial charge < -0.3 is 10.2 Å². The molecule has 6 rings (SSSR count). The minimum atomic E-state index is -0.424. The summed E-state index contributed by atoms with van der Waals surface area (Å²) in [6.45, 7) is 1.46. The van der Waals surface area contributed by atoms with E-state index in [1.165, 1.54) is 30.0 Å². The van der Waals surface area contributed by atoms with E-state index in [-0.39, 0.29) is 50.7 Å². The second-order valence-electron chi connectivity index (χ2n) is 10.5. The van der Waals surface area contributed by atoms with E-state index in [9.17, 15) is 25.0 Å². The molecule has 1 amide bonds. The largest absolute Gasteiger partial charge is 0.377 e. The molecule has 0 radical (unpaired) electrons. The lowest BCUT2D eigenvalue weighted by Crippen LogP contribution is -2.34. The fourth-order valence-corrected chi connectivity index (χ4v) is 8.36. The smallest absolute Gasteiger partial charge is 0.282 e. The van der Waals surface area contributed by atoms with Crippen LogP contribution in [0.4, 0.5) is 17.1 Å². The van der Waals surface area contributed by atoms with Crippen LogP contribution < -0.4 is 5.32 Å². The highest BCUT2D eigenvalue weighted by atomic mass is 35.5. The van der Waals surface area contributed by atoms with Crippen LogP contribution in [0, 0.1) is 26.1 Å². The average molecular weight is 579 g/mol. The number of alkyl halides is 1. The van der Waals surface area contributed by atoms with Crippen LogP contribution in [-0.2, 0) is 0 Å². The molecule has 9 nitrogen and oxygen atoms in total. The van der Waals surface area contributed by atoms with Crippen molar-refractivity contribution < 1.29 is 14.6 Å². The van der Waals surface area contributed by atoms with E-state index in [2.05, 4.69) is 5.32 Å². The maximum Gasteiger partial charge on any atom is 0.282 e. The highest BCUT2D eigenvalue weighted by Gasteiger charge is 2.51. The quantitative estimate of drug-likeness (QED) is 0.194. The number of nitrogens with zero attached hydrogens (tertiary/aromatic N) is 3. The summed E-state index contributed by atoms with van der Waals surface area (Å²) in [7, 11) is 0. The Morgan fingerprint density at radius 2 is 1.68 bits per heavy atom. The number of likely N-dealkylation sites (tertiary alicyclic amines) is 1. The van der Waals surface area contributed by atoms with Crippen LogP contribution in [0.1, 0.15) is 52.7 Å². The Kier molecular flexibility index (Phi) is 7.14. The summed E-state index contributed by atoms with van der Waals surface area (Å²) in [5, 5.41) is 26.1. The van der Waals surface area contributed by atoms with Gasteiger partial charge >= 0.3 is 0 Å². The number of amides is 1. The van der Waals surface area contributed by atoms with Crippen molar-refractivity contribution in [2.24, 2.45) is 5.92 Å². The molecule has 3 aromatic rings. The van der Waals surface area contributed by atoms with Gasteiger partial charge in [0.15, 0.2) is 0 Å². The SMILES string of the molecule is O=C(c1cccc2c1NC(c1ccc([N+](=O)[O-])cc1)C1CC(Sc3ccccc3[N+](=O)[O-])C(Cl)C21)N1CCCC1. The maximum absolute atomic E-state index is 13.6. The Balaban J connectivity index is 1.41. The molecule has 3 aliphatic rings. The van der Waals surface area contributed by atoms with Crippen molar-refractivity contribution in [3.05, 3.63) is 104 Å². The number of thioether (sulfide) groups is 1. The van der Waals surface area contributed by atoms with Gasteiger partial charge in [-0.25, -0.2) is 0 Å². The molecule has 5 atom stereocenters. The van der Waals surface area contributed by atoms with E-state index in [0.29, 0.717) is 16.9 Å². The van der Waals surface area contributed by atoms with E-state index in [4.69, 9.17) is 11.6 Å². The number of rotatable bonds is 6. The number of anilines is 1. The second-order valence-corrected chi connectivity index (χ2v) is 12.3. The lowest BCUT2D eigenvalue weighted by atomic mass is 9.76. The normalized spacial score (nSPS) is 25.1. The topological polar surface area (TPSA) is 119 Å². The van der Waals surface area contributed by atoms with Gasteiger partial charge in [-0.2, -0.15) is 0 Å². The van der Waals surface area contributed by atoms with Crippen LogP contribution >= 0.6 is 23.4 Å². The summed E-state index contributed by atoms with van der Waals surface area (Å²) < 4.78 is 0. The van der Waals surface area contributed by atoms with Crippen LogP contribution in [-0.4, -0.2) is 44.4 Å². The molecule has 1 saturated carbocycles. The molecule has 0 spiro atoms. The number of nitro groups is 2. The zero-order valence-corrected chi connectivity index (χ0v) is 23.0. The van der Waals surface area contributed by atoms with Gasteiger partial charge in [0.2, 0.25) is 0 Å². The first kappa shape index (κ1) is 26.6. The first-order chi connectivity index (χ1) is 19.3. The zero-order valence-electron chi connectivity index (χ0n) is 21.4. The maximum atomic E-state index is 13.6. The zero-order chi connectivity index (χ0) is 28.0. The van der Waals surface area contributed by atoms with E-state index >= 15 is 0 Å². The molecule has 0 bridgehead atoms. The number of nitro benzene ring substituents is 2. The molecule has 1 saturated heterocycles. The van der Waals surface area contributed by atoms with E-state index < -0.39 is 4.92 Å². The van der Waals surface area contributed by atoms with Gasteiger partial charge in [0, 0.05) is 42.5 Å². The number of carbonyl (C=O) groups excluding carboxylic acids is 1. The Hall–Kier alpha value is -3.63. The molecule has 206 valence electrons. The number of non-ortho nitro benzene ring substituents is 1. The highest BCUT2D eigenvalue weighted by Crippen LogP contribution is 2.58. The highest BCUT2D eigenvalue weighted by molar-refractivity contribution is 8.00. The van der Waals surface area contributed by atoms with Crippen LogP contribution in [0.25, 0.3) is 0 Å². The number of nitrogens with one attached hydrogen (secondary N) is 1. The van der Waals surface area contributed by atoms with Gasteiger partial charge in [-0.15, -0.1) is 23.4 Å². The molecule has 1 N–H and O–H groups in total. The third kappa shape index (κ3) is 4.69. The molecule has 2 heterocycles. The van der Waals surface area contributed by atoms with Gasteiger partial charge in [-0.3, -0.25) is 25.0 Å². The van der Waals surface area contributed by atoms with Crippen molar-refractivity contribution in [2.45, 2.75) is 46.7 Å². The van der Waals surface area contributed by atoms with Crippen LogP contribution in [0.3, 0.4) is 0 Å². The Labute approximate surface area is 240 Å². The molecule has 40 heavy (non-hydrogen) atoms. The lowest BCUT2D eigenvalue weighted by Gasteiger charge is -2.39. The molecule has 3 aromatic carbocycles. The number of carbonyl (C=O) groups is 1. The number of hydrogen-bond donors (Lipinski definition) is 1. The fraction of sp³-hybridized carbons (Fsp3) is 0.345. The van der Waals surface area contributed by atoms with Gasteiger partial charge in [0.25, 0.3) is 17.3 Å². The minimum absolute atomic E-state index is 0.00729. The van der Waals surface area contributed by atoms with E-state index in [1.54, 1.807) is 30.3 Å². The minimum Gasteiger partial charge on any atom is -0.377 e. The predicted octanol–water partition coefficient (Wildman–Crippen LogP) is 6.78. The Morgan fingerprint density at radius 1 is 0.950 bits per heavy atom. The number of halogens is 1. The number of hydrogen-bond acceptors (Lipinski definition) is 7. The predicted molar refractivity (Wildman–Crippen MR) is 154 cm³/mol. The summed E-state index contributed by atoms with van der Waals surface area (Å²) in [5.41, 5.74) is 3.26. The van der Waals surface area contributed by atoms with Gasteiger partial charge in [0.05, 0.1) is 37.4 Å². The third-order valence-electron chi connectivity index (χ3n) is 8.27. The molecule has 11 heteroatoms. The summed E-state index contributed by atoms with van der Waals surface area (Å²) in [6.07, 6.45) is 2.64. The second kappa shape index (κ2) is 10.7. The molecule has 1 aliphatic carbocycles. The number of fused-ring (bicyclic) bond motifs is 3. The van der Waals surface area contributed by atoms with Crippen molar-refractivity contribution in [3.63, 3.8) is 0 Å². The summed E-state index contributed by atoms with van der Waals surface area (Å²) >= 11 is 8.66. The molecule has 0 aromatic heterocycles. The monoisotopic (exact) mass is 578 g/mol. The number of para-hydroxylation sites is 2. The first-order valence-corrected chi connectivity index (χ1v) is 14.6. The molecule has 2 aliphatic heterocycles. The van der Waals surface area contributed by atoms with Crippen LogP contribution in [0.15, 0.2) is 71.6 Å². The van der Waals surface area contributed by atoms with Crippen LogP contribution in [0.2, 0.25) is 0 Å².